The molecule has 0 aliphatic carbocycles. The summed E-state index contributed by atoms with van der Waals surface area (Å²) in [6, 6.07) is 10.0. The van der Waals surface area contributed by atoms with E-state index in [1.165, 1.54) is 0 Å². The topological polar surface area (TPSA) is 76.9 Å². The highest BCUT2D eigenvalue weighted by atomic mass is 16.5. The average molecular weight is 244 g/mol. The Kier molecular flexibility index (Phi) is 4.29. The highest BCUT2D eigenvalue weighted by Crippen LogP contribution is 2.16. The van der Waals surface area contributed by atoms with Gasteiger partial charge in [0.1, 0.15) is 5.82 Å². The number of rotatable bonds is 6. The van der Waals surface area contributed by atoms with Gasteiger partial charge in [0.15, 0.2) is 0 Å². The van der Waals surface area contributed by atoms with E-state index < -0.39 is 0 Å². The lowest BCUT2D eigenvalue weighted by atomic mass is 10.3. The Bertz CT molecular complexity index is 556. The summed E-state index contributed by atoms with van der Waals surface area (Å²) in [7, 11) is 0. The predicted molar refractivity (Wildman–Crippen MR) is 68.9 cm³/mol. The summed E-state index contributed by atoms with van der Waals surface area (Å²) >= 11 is 0. The van der Waals surface area contributed by atoms with Gasteiger partial charge in [-0.3, -0.25) is 0 Å². The lowest BCUT2D eigenvalue weighted by molar-refractivity contribution is 0.133. The van der Waals surface area contributed by atoms with Crippen LogP contribution in [0.25, 0.3) is 11.0 Å². The minimum absolute atomic E-state index is 0.311. The lowest BCUT2D eigenvalue weighted by Crippen LogP contribution is -2.13. The Balaban J connectivity index is 2.22. The van der Waals surface area contributed by atoms with E-state index in [1.807, 2.05) is 28.8 Å². The molecule has 18 heavy (non-hydrogen) atoms. The van der Waals surface area contributed by atoms with Crippen LogP contribution in [-0.2, 0) is 17.7 Å². The molecule has 5 nitrogen and oxygen atoms in total. The second-order valence-corrected chi connectivity index (χ2v) is 3.90. The van der Waals surface area contributed by atoms with E-state index in [2.05, 4.69) is 11.1 Å². The molecule has 0 aliphatic rings. The Morgan fingerprint density at radius 1 is 1.33 bits per heavy atom. The molecule has 2 aromatic rings. The SMILES string of the molecule is N#CCc1nc2ccccc2n1CCOCCN. The maximum atomic E-state index is 8.83. The summed E-state index contributed by atoms with van der Waals surface area (Å²) < 4.78 is 7.42. The smallest absolute Gasteiger partial charge is 0.124 e. The molecule has 1 heterocycles. The maximum Gasteiger partial charge on any atom is 0.124 e. The molecule has 0 bridgehead atoms. The number of fused-ring (bicyclic) bond motifs is 1. The van der Waals surface area contributed by atoms with Gasteiger partial charge in [-0.1, -0.05) is 12.1 Å². The predicted octanol–water partition coefficient (Wildman–Crippen LogP) is 1.08. The zero-order valence-corrected chi connectivity index (χ0v) is 10.2. The molecule has 0 amide bonds. The number of nitrogens with zero attached hydrogens (tertiary/aromatic N) is 3. The van der Waals surface area contributed by atoms with Gasteiger partial charge in [-0.25, -0.2) is 4.98 Å². The van der Waals surface area contributed by atoms with Crippen LogP contribution in [0.5, 0.6) is 0 Å². The number of nitriles is 1. The largest absolute Gasteiger partial charge is 0.378 e. The van der Waals surface area contributed by atoms with Gasteiger partial charge in [0.25, 0.3) is 0 Å². The van der Waals surface area contributed by atoms with Crippen molar-refractivity contribution in [2.75, 3.05) is 19.8 Å². The molecule has 0 spiro atoms. The highest BCUT2D eigenvalue weighted by molar-refractivity contribution is 5.75. The van der Waals surface area contributed by atoms with Crippen molar-refractivity contribution in [2.45, 2.75) is 13.0 Å². The number of benzene rings is 1. The molecule has 1 aromatic heterocycles. The van der Waals surface area contributed by atoms with Gasteiger partial charge in [0.2, 0.25) is 0 Å². The second kappa shape index (κ2) is 6.15. The van der Waals surface area contributed by atoms with E-state index >= 15 is 0 Å². The summed E-state index contributed by atoms with van der Waals surface area (Å²) in [4.78, 5) is 4.46. The Morgan fingerprint density at radius 2 is 2.17 bits per heavy atom. The van der Waals surface area contributed by atoms with Crippen LogP contribution >= 0.6 is 0 Å². The maximum absolute atomic E-state index is 8.83. The lowest BCUT2D eigenvalue weighted by Gasteiger charge is -2.07. The zero-order chi connectivity index (χ0) is 12.8. The van der Waals surface area contributed by atoms with E-state index in [1.54, 1.807) is 0 Å². The minimum Gasteiger partial charge on any atom is -0.378 e. The molecule has 2 rings (SSSR count). The van der Waals surface area contributed by atoms with Crippen LogP contribution in [0.2, 0.25) is 0 Å². The molecule has 5 heteroatoms. The normalized spacial score (nSPS) is 10.7. The number of hydrogen-bond donors (Lipinski definition) is 1. The Labute approximate surface area is 106 Å². The van der Waals surface area contributed by atoms with Gasteiger partial charge in [-0.05, 0) is 12.1 Å². The Hall–Kier alpha value is -1.90. The van der Waals surface area contributed by atoms with Gasteiger partial charge in [0.05, 0.1) is 36.7 Å². The van der Waals surface area contributed by atoms with Crippen LogP contribution in [0.4, 0.5) is 0 Å². The van der Waals surface area contributed by atoms with E-state index in [4.69, 9.17) is 15.7 Å². The first-order valence-electron chi connectivity index (χ1n) is 5.95. The van der Waals surface area contributed by atoms with Crippen molar-refractivity contribution in [3.05, 3.63) is 30.1 Å². The summed E-state index contributed by atoms with van der Waals surface area (Å²) in [5.74, 6) is 0.787. The van der Waals surface area contributed by atoms with Crippen LogP contribution < -0.4 is 5.73 Å². The molecule has 0 aliphatic heterocycles. The van der Waals surface area contributed by atoms with Crippen molar-refractivity contribution in [3.8, 4) is 6.07 Å². The molecular weight excluding hydrogens is 228 g/mol. The van der Waals surface area contributed by atoms with Gasteiger partial charge in [-0.2, -0.15) is 5.26 Å². The first-order valence-corrected chi connectivity index (χ1v) is 5.95. The van der Waals surface area contributed by atoms with E-state index in [-0.39, 0.29) is 0 Å². The van der Waals surface area contributed by atoms with E-state index in [0.29, 0.717) is 32.7 Å². The fourth-order valence-corrected chi connectivity index (χ4v) is 1.92. The number of para-hydroxylation sites is 2. The van der Waals surface area contributed by atoms with Crippen LogP contribution in [0.1, 0.15) is 5.82 Å². The van der Waals surface area contributed by atoms with Crippen LogP contribution in [0.3, 0.4) is 0 Å². The molecule has 0 unspecified atom stereocenters. The summed E-state index contributed by atoms with van der Waals surface area (Å²) in [6.07, 6.45) is 0.311. The number of hydrogen-bond acceptors (Lipinski definition) is 4. The molecular formula is C13H16N4O. The van der Waals surface area contributed by atoms with Crippen molar-refractivity contribution in [1.82, 2.24) is 9.55 Å². The molecule has 0 fully saturated rings. The summed E-state index contributed by atoms with van der Waals surface area (Å²) in [5, 5.41) is 8.83. The van der Waals surface area contributed by atoms with Crippen molar-refractivity contribution in [2.24, 2.45) is 5.73 Å². The van der Waals surface area contributed by atoms with Crippen LogP contribution in [0, 0.1) is 11.3 Å². The third-order valence-corrected chi connectivity index (χ3v) is 2.69. The number of nitrogens with two attached hydrogens (primary N) is 1. The molecule has 0 saturated heterocycles. The molecule has 94 valence electrons. The van der Waals surface area contributed by atoms with Crippen LogP contribution in [0.15, 0.2) is 24.3 Å². The molecule has 1 aromatic carbocycles. The fraction of sp³-hybridized carbons (Fsp3) is 0.385. The fourth-order valence-electron chi connectivity index (χ4n) is 1.92. The first-order chi connectivity index (χ1) is 8.86. The van der Waals surface area contributed by atoms with E-state index in [9.17, 15) is 0 Å². The highest BCUT2D eigenvalue weighted by Gasteiger charge is 2.09. The molecule has 0 atom stereocenters. The standard InChI is InChI=1S/C13H16N4O/c14-6-5-13-16-11-3-1-2-4-12(11)17(13)8-10-18-9-7-15/h1-4H,5,7-10,15H2. The molecule has 0 saturated carbocycles. The number of ether oxygens (including phenoxy) is 1. The van der Waals surface area contributed by atoms with Gasteiger partial charge in [-0.15, -0.1) is 0 Å². The first kappa shape index (κ1) is 12.6. The van der Waals surface area contributed by atoms with Crippen molar-refractivity contribution >= 4 is 11.0 Å². The monoisotopic (exact) mass is 244 g/mol. The summed E-state index contributed by atoms with van der Waals surface area (Å²) in [6.45, 7) is 2.35. The minimum atomic E-state index is 0.311. The van der Waals surface area contributed by atoms with Gasteiger partial charge >= 0.3 is 0 Å². The number of aromatic nitrogens is 2. The Morgan fingerprint density at radius 3 is 2.94 bits per heavy atom. The van der Waals surface area contributed by atoms with Gasteiger partial charge < -0.3 is 15.0 Å². The number of imidazole rings is 1. The third kappa shape index (κ3) is 2.67. The van der Waals surface area contributed by atoms with Gasteiger partial charge in [0, 0.05) is 13.1 Å². The third-order valence-electron chi connectivity index (χ3n) is 2.69. The second-order valence-electron chi connectivity index (χ2n) is 3.90. The van der Waals surface area contributed by atoms with Crippen molar-refractivity contribution < 1.29 is 4.74 Å². The van der Waals surface area contributed by atoms with Crippen molar-refractivity contribution in [3.63, 3.8) is 0 Å². The quantitative estimate of drug-likeness (QED) is 0.771. The molecule has 0 radical (unpaired) electrons. The molecule has 2 N–H and O–H groups in total. The van der Waals surface area contributed by atoms with Crippen molar-refractivity contribution in [1.29, 1.82) is 5.26 Å². The average Bonchev–Trinajstić information content (AvgIpc) is 2.73. The zero-order valence-electron chi connectivity index (χ0n) is 10.2. The summed E-state index contributed by atoms with van der Waals surface area (Å²) in [5.41, 5.74) is 7.33. The van der Waals surface area contributed by atoms with Crippen LogP contribution in [-0.4, -0.2) is 29.3 Å². The van der Waals surface area contributed by atoms with E-state index in [0.717, 1.165) is 16.9 Å².